The van der Waals surface area contributed by atoms with E-state index in [2.05, 4.69) is 17.2 Å². The van der Waals surface area contributed by atoms with Gasteiger partial charge in [-0.1, -0.05) is 17.7 Å². The fourth-order valence-electron chi connectivity index (χ4n) is 2.92. The summed E-state index contributed by atoms with van der Waals surface area (Å²) < 4.78 is 0. The number of hydrogen-bond acceptors (Lipinski definition) is 3. The van der Waals surface area contributed by atoms with E-state index in [1.165, 1.54) is 16.2 Å². The minimum atomic E-state index is -0.243. The molecule has 0 saturated heterocycles. The minimum absolute atomic E-state index is 0.161. The van der Waals surface area contributed by atoms with Crippen LogP contribution in [0.1, 0.15) is 44.0 Å². The van der Waals surface area contributed by atoms with E-state index in [1.54, 1.807) is 30.3 Å². The summed E-state index contributed by atoms with van der Waals surface area (Å²) in [5.74, 6) is -0.404. The maximum Gasteiger partial charge on any atom is 0.256 e. The molecule has 4 nitrogen and oxygen atoms in total. The van der Waals surface area contributed by atoms with Gasteiger partial charge in [0, 0.05) is 22.0 Å². The van der Waals surface area contributed by atoms with Gasteiger partial charge in [-0.05, 0) is 55.5 Å². The van der Waals surface area contributed by atoms with Crippen molar-refractivity contribution in [3.63, 3.8) is 0 Å². The molecule has 1 aliphatic carbocycles. The molecule has 130 valence electrons. The van der Waals surface area contributed by atoms with Gasteiger partial charge in [-0.3, -0.25) is 9.59 Å². The predicted molar refractivity (Wildman–Crippen MR) is 103 cm³/mol. The fraction of sp³-hybridized carbons (Fsp3) is 0.263. The molecule has 0 unspecified atom stereocenters. The summed E-state index contributed by atoms with van der Waals surface area (Å²) in [6.45, 7) is 4.02. The molecule has 0 radical (unpaired) electrons. The third-order valence-corrected chi connectivity index (χ3v) is 5.60. The van der Waals surface area contributed by atoms with Crippen molar-refractivity contribution in [2.24, 2.45) is 0 Å². The second-order valence-electron chi connectivity index (χ2n) is 5.87. The van der Waals surface area contributed by atoms with Gasteiger partial charge in [-0.15, -0.1) is 17.9 Å². The molecule has 1 heterocycles. The van der Waals surface area contributed by atoms with Crippen molar-refractivity contribution in [3.05, 3.63) is 63.5 Å². The van der Waals surface area contributed by atoms with E-state index in [9.17, 15) is 9.59 Å². The number of anilines is 1. The first kappa shape index (κ1) is 17.7. The Morgan fingerprint density at radius 3 is 2.60 bits per heavy atom. The molecule has 0 saturated carbocycles. The number of carbonyl (C=O) groups excluding carboxylic acids is 2. The zero-order valence-corrected chi connectivity index (χ0v) is 15.3. The highest BCUT2D eigenvalue weighted by Gasteiger charge is 2.26. The number of benzene rings is 1. The van der Waals surface area contributed by atoms with Crippen LogP contribution >= 0.6 is 22.9 Å². The lowest BCUT2D eigenvalue weighted by molar-refractivity contribution is 0.0958. The largest absolute Gasteiger partial charge is 0.348 e. The van der Waals surface area contributed by atoms with E-state index in [1.807, 2.05) is 0 Å². The Hall–Kier alpha value is -2.11. The molecule has 2 aromatic rings. The van der Waals surface area contributed by atoms with Crippen LogP contribution in [0.15, 0.2) is 36.9 Å². The van der Waals surface area contributed by atoms with Crippen molar-refractivity contribution in [2.75, 3.05) is 11.9 Å². The number of hydrogen-bond donors (Lipinski definition) is 2. The number of nitrogens with one attached hydrogen (secondary N) is 2. The van der Waals surface area contributed by atoms with Gasteiger partial charge < -0.3 is 10.6 Å². The molecular weight excluding hydrogens is 356 g/mol. The molecule has 2 N–H and O–H groups in total. The van der Waals surface area contributed by atoms with Crippen LogP contribution in [-0.2, 0) is 12.8 Å². The summed E-state index contributed by atoms with van der Waals surface area (Å²) in [5, 5.41) is 6.93. The lowest BCUT2D eigenvalue weighted by Gasteiger charge is -2.13. The van der Waals surface area contributed by atoms with Crippen molar-refractivity contribution >= 4 is 39.8 Å². The molecule has 1 aliphatic rings. The molecule has 0 aliphatic heterocycles. The van der Waals surface area contributed by atoms with Crippen LogP contribution in [0.25, 0.3) is 0 Å². The minimum Gasteiger partial charge on any atom is -0.348 e. The van der Waals surface area contributed by atoms with Gasteiger partial charge in [-0.2, -0.15) is 0 Å². The van der Waals surface area contributed by atoms with E-state index < -0.39 is 0 Å². The van der Waals surface area contributed by atoms with Gasteiger partial charge in [-0.25, -0.2) is 0 Å². The summed E-state index contributed by atoms with van der Waals surface area (Å²) in [6, 6.07) is 6.69. The molecule has 2 amide bonds. The summed E-state index contributed by atoms with van der Waals surface area (Å²) in [5.41, 5.74) is 2.18. The van der Waals surface area contributed by atoms with Crippen LogP contribution < -0.4 is 10.6 Å². The third-order valence-electron chi connectivity index (χ3n) is 4.14. The Balaban J connectivity index is 1.90. The Morgan fingerprint density at radius 1 is 1.16 bits per heavy atom. The lowest BCUT2D eigenvalue weighted by atomic mass is 9.95. The lowest BCUT2D eigenvalue weighted by Crippen LogP contribution is -2.25. The maximum absolute atomic E-state index is 12.6. The van der Waals surface area contributed by atoms with Gasteiger partial charge in [0.05, 0.1) is 5.56 Å². The van der Waals surface area contributed by atoms with Crippen molar-refractivity contribution in [1.82, 2.24) is 5.32 Å². The Labute approximate surface area is 155 Å². The first-order valence-electron chi connectivity index (χ1n) is 8.20. The van der Waals surface area contributed by atoms with Gasteiger partial charge >= 0.3 is 0 Å². The van der Waals surface area contributed by atoms with E-state index >= 15 is 0 Å². The number of halogens is 1. The van der Waals surface area contributed by atoms with E-state index in [0.29, 0.717) is 27.7 Å². The Bertz CT molecular complexity index is 812. The zero-order valence-electron chi connectivity index (χ0n) is 13.7. The molecule has 1 aromatic heterocycles. The average molecular weight is 375 g/mol. The molecule has 0 atom stereocenters. The highest BCUT2D eigenvalue weighted by Crippen LogP contribution is 2.38. The van der Waals surface area contributed by atoms with E-state index in [-0.39, 0.29) is 11.8 Å². The van der Waals surface area contributed by atoms with Gasteiger partial charge in [0.2, 0.25) is 0 Å². The molecule has 0 spiro atoms. The summed E-state index contributed by atoms with van der Waals surface area (Å²) >= 11 is 7.38. The number of fused-ring (bicyclic) bond motifs is 1. The van der Waals surface area contributed by atoms with Crippen LogP contribution in [0.2, 0.25) is 5.02 Å². The molecular formula is C19H19ClN2O2S. The standard InChI is InChI=1S/C19H19ClN2O2S/c1-2-11-21-18(24)16-14-5-3-4-6-15(14)25-19(16)22-17(23)12-7-9-13(20)10-8-12/h2,7-10H,1,3-6,11H2,(H,21,24)(H,22,23). The average Bonchev–Trinajstić information content (AvgIpc) is 2.98. The van der Waals surface area contributed by atoms with E-state index in [0.717, 1.165) is 31.2 Å². The number of aryl methyl sites for hydroxylation is 1. The number of amides is 2. The topological polar surface area (TPSA) is 58.2 Å². The molecule has 3 rings (SSSR count). The Morgan fingerprint density at radius 2 is 1.88 bits per heavy atom. The summed E-state index contributed by atoms with van der Waals surface area (Å²) in [6.07, 6.45) is 5.66. The predicted octanol–water partition coefficient (Wildman–Crippen LogP) is 4.45. The van der Waals surface area contributed by atoms with Crippen molar-refractivity contribution < 1.29 is 9.59 Å². The highest BCUT2D eigenvalue weighted by atomic mass is 35.5. The van der Waals surface area contributed by atoms with Crippen LogP contribution in [0, 0.1) is 0 Å². The van der Waals surface area contributed by atoms with Crippen LogP contribution in [0.3, 0.4) is 0 Å². The molecule has 0 fully saturated rings. The smallest absolute Gasteiger partial charge is 0.256 e. The van der Waals surface area contributed by atoms with Gasteiger partial charge in [0.25, 0.3) is 11.8 Å². The molecule has 0 bridgehead atoms. The number of rotatable bonds is 5. The monoisotopic (exact) mass is 374 g/mol. The SMILES string of the molecule is C=CCNC(=O)c1c(NC(=O)c2ccc(Cl)cc2)sc2c1CCCC2. The zero-order chi connectivity index (χ0) is 17.8. The van der Waals surface area contributed by atoms with Crippen LogP contribution in [-0.4, -0.2) is 18.4 Å². The molecule has 1 aromatic carbocycles. The van der Waals surface area contributed by atoms with Crippen LogP contribution in [0.4, 0.5) is 5.00 Å². The number of thiophene rings is 1. The molecule has 6 heteroatoms. The third kappa shape index (κ3) is 3.94. The van der Waals surface area contributed by atoms with Crippen molar-refractivity contribution in [2.45, 2.75) is 25.7 Å². The number of carbonyl (C=O) groups is 2. The first-order valence-corrected chi connectivity index (χ1v) is 9.40. The summed E-state index contributed by atoms with van der Waals surface area (Å²) in [4.78, 5) is 26.3. The Kier molecular flexibility index (Phi) is 5.56. The first-order chi connectivity index (χ1) is 12.1. The second kappa shape index (κ2) is 7.85. The quantitative estimate of drug-likeness (QED) is 0.759. The van der Waals surface area contributed by atoms with E-state index in [4.69, 9.17) is 11.6 Å². The van der Waals surface area contributed by atoms with Crippen molar-refractivity contribution in [1.29, 1.82) is 0 Å². The van der Waals surface area contributed by atoms with Crippen LogP contribution in [0.5, 0.6) is 0 Å². The second-order valence-corrected chi connectivity index (χ2v) is 7.42. The molecule has 25 heavy (non-hydrogen) atoms. The van der Waals surface area contributed by atoms with Gasteiger partial charge in [0.1, 0.15) is 5.00 Å². The fourth-order valence-corrected chi connectivity index (χ4v) is 4.33. The maximum atomic E-state index is 12.6. The highest BCUT2D eigenvalue weighted by molar-refractivity contribution is 7.17. The van der Waals surface area contributed by atoms with Gasteiger partial charge in [0.15, 0.2) is 0 Å². The summed E-state index contributed by atoms with van der Waals surface area (Å²) in [7, 11) is 0. The normalized spacial score (nSPS) is 13.0. The van der Waals surface area contributed by atoms with Crippen molar-refractivity contribution in [3.8, 4) is 0 Å².